The van der Waals surface area contributed by atoms with Crippen LogP contribution in [-0.2, 0) is 19.0 Å². The molecule has 0 unspecified atom stereocenters. The van der Waals surface area contributed by atoms with Gasteiger partial charge in [-0.3, -0.25) is 4.79 Å². The van der Waals surface area contributed by atoms with Crippen LogP contribution in [0.1, 0.15) is 20.8 Å². The third-order valence-corrected chi connectivity index (χ3v) is 6.97. The van der Waals surface area contributed by atoms with E-state index in [0.29, 0.717) is 6.61 Å². The van der Waals surface area contributed by atoms with Gasteiger partial charge in [-0.2, -0.15) is 0 Å². The average molecular weight is 296 g/mol. The topological polar surface area (TPSA) is 91.8 Å². The molecule has 3 heterocycles. The molecule has 21 heavy (non-hydrogen) atoms. The number of esters is 1. The fourth-order valence-electron chi connectivity index (χ4n) is 5.73. The number of hydrogen-bond acceptors (Lipinski definition) is 6. The number of aliphatic hydroxyl groups is 2. The summed E-state index contributed by atoms with van der Waals surface area (Å²) in [6.45, 7) is 6.28. The van der Waals surface area contributed by atoms with E-state index >= 15 is 0 Å². The molecule has 2 bridgehead atoms. The lowest BCUT2D eigenvalue weighted by molar-refractivity contribution is -0.241. The maximum atomic E-state index is 12.4. The summed E-state index contributed by atoms with van der Waals surface area (Å²) in [6, 6.07) is 0. The molecule has 2 aliphatic carbocycles. The fourth-order valence-corrected chi connectivity index (χ4v) is 5.73. The quantitative estimate of drug-likeness (QED) is 0.499. The zero-order valence-electron chi connectivity index (χ0n) is 12.3. The van der Waals surface area contributed by atoms with Crippen molar-refractivity contribution in [2.45, 2.75) is 56.4 Å². The van der Waals surface area contributed by atoms with Gasteiger partial charge in [0.2, 0.25) is 0 Å². The SMILES string of the molecule is CC(C)[C@@H]1[C@H]2OC(=O)[C@@H]1[C@]1(O)[C@H]3O[C@H]3[C@]3(CO3)[C@]1(C)[C@@H]2O. The van der Waals surface area contributed by atoms with Crippen LogP contribution in [0.4, 0.5) is 0 Å². The minimum Gasteiger partial charge on any atom is -0.459 e. The van der Waals surface area contributed by atoms with Crippen molar-refractivity contribution in [3.05, 3.63) is 0 Å². The molecule has 3 aliphatic heterocycles. The van der Waals surface area contributed by atoms with Gasteiger partial charge in [-0.25, -0.2) is 0 Å². The first-order valence-electron chi connectivity index (χ1n) is 7.71. The minimum absolute atomic E-state index is 0.128. The van der Waals surface area contributed by atoms with E-state index in [-0.39, 0.29) is 17.9 Å². The number of carbonyl (C=O) groups excluding carboxylic acids is 1. The first-order valence-corrected chi connectivity index (χ1v) is 7.71. The van der Waals surface area contributed by atoms with E-state index < -0.39 is 46.8 Å². The molecule has 6 heteroatoms. The highest BCUT2D eigenvalue weighted by atomic mass is 16.7. The number of rotatable bonds is 1. The van der Waals surface area contributed by atoms with Gasteiger partial charge < -0.3 is 24.4 Å². The lowest BCUT2D eigenvalue weighted by atomic mass is 9.51. The van der Waals surface area contributed by atoms with Crippen LogP contribution < -0.4 is 0 Å². The van der Waals surface area contributed by atoms with Crippen molar-refractivity contribution in [3.63, 3.8) is 0 Å². The Bertz CT molecular complexity index is 556. The Morgan fingerprint density at radius 1 is 1.33 bits per heavy atom. The molecule has 3 saturated heterocycles. The molecule has 0 aromatic rings. The van der Waals surface area contributed by atoms with Crippen molar-refractivity contribution < 1.29 is 29.2 Å². The van der Waals surface area contributed by atoms with Crippen LogP contribution in [0.3, 0.4) is 0 Å². The summed E-state index contributed by atoms with van der Waals surface area (Å²) in [6.07, 6.45) is -2.14. The van der Waals surface area contributed by atoms with Gasteiger partial charge in [-0.15, -0.1) is 0 Å². The second-order valence-electron chi connectivity index (χ2n) is 7.83. The summed E-state index contributed by atoms with van der Waals surface area (Å²) in [5.41, 5.74) is -2.98. The number of hydrogen-bond donors (Lipinski definition) is 2. The Labute approximate surface area is 122 Å². The molecule has 0 aromatic carbocycles. The van der Waals surface area contributed by atoms with Crippen molar-refractivity contribution in [2.24, 2.45) is 23.2 Å². The van der Waals surface area contributed by atoms with Crippen LogP contribution in [0, 0.1) is 23.2 Å². The highest BCUT2D eigenvalue weighted by Gasteiger charge is 2.94. The zero-order valence-corrected chi connectivity index (χ0v) is 12.3. The Balaban J connectivity index is 1.74. The largest absolute Gasteiger partial charge is 0.459 e. The molecule has 6 nitrogen and oxygen atoms in total. The number of carbonyl (C=O) groups is 1. The standard InChI is InChI=1S/C15H20O6/c1-5(2)6-7-12(17)20-8(6)9(16)13(3)14(4-19-14)10-11(21-10)15(7,13)18/h5-11,16,18H,4H2,1-3H3/t6-,7+,8+,9+,10+,11-,13-,14+,15-/m0/s1. The van der Waals surface area contributed by atoms with Gasteiger partial charge in [0.25, 0.3) is 0 Å². The molecule has 2 saturated carbocycles. The third-order valence-electron chi connectivity index (χ3n) is 6.97. The Morgan fingerprint density at radius 3 is 2.57 bits per heavy atom. The number of aliphatic hydroxyl groups excluding tert-OH is 1. The molecule has 2 N–H and O–H groups in total. The predicted octanol–water partition coefficient (Wildman–Crippen LogP) is -0.538. The molecule has 0 radical (unpaired) electrons. The minimum atomic E-state index is -1.41. The smallest absolute Gasteiger partial charge is 0.312 e. The van der Waals surface area contributed by atoms with Crippen LogP contribution in [0.2, 0.25) is 0 Å². The Morgan fingerprint density at radius 2 is 2.00 bits per heavy atom. The van der Waals surface area contributed by atoms with Crippen LogP contribution in [0.25, 0.3) is 0 Å². The van der Waals surface area contributed by atoms with E-state index in [4.69, 9.17) is 14.2 Å². The molecule has 5 aliphatic rings. The maximum absolute atomic E-state index is 12.4. The van der Waals surface area contributed by atoms with Crippen molar-refractivity contribution >= 4 is 5.97 Å². The van der Waals surface area contributed by atoms with Gasteiger partial charge in [-0.05, 0) is 5.92 Å². The second-order valence-corrected chi connectivity index (χ2v) is 7.83. The lowest BCUT2D eigenvalue weighted by Gasteiger charge is -2.54. The molecular weight excluding hydrogens is 276 g/mol. The summed E-state index contributed by atoms with van der Waals surface area (Å²) in [5.74, 6) is -1.11. The van der Waals surface area contributed by atoms with Crippen LogP contribution in [0.15, 0.2) is 0 Å². The highest BCUT2D eigenvalue weighted by molar-refractivity contribution is 5.79. The Hall–Kier alpha value is -0.690. The monoisotopic (exact) mass is 296 g/mol. The number of epoxide rings is 2. The van der Waals surface area contributed by atoms with E-state index in [9.17, 15) is 15.0 Å². The number of ether oxygens (including phenoxy) is 3. The first kappa shape index (κ1) is 12.8. The fraction of sp³-hybridized carbons (Fsp3) is 0.933. The summed E-state index contributed by atoms with van der Waals surface area (Å²) in [4.78, 5) is 12.4. The van der Waals surface area contributed by atoms with Crippen molar-refractivity contribution in [3.8, 4) is 0 Å². The molecular formula is C15H20O6. The molecule has 0 amide bonds. The van der Waals surface area contributed by atoms with Gasteiger partial charge in [0.15, 0.2) is 0 Å². The normalized spacial score (nSPS) is 66.3. The zero-order chi connectivity index (χ0) is 14.9. The molecule has 9 atom stereocenters. The van der Waals surface area contributed by atoms with Gasteiger partial charge in [-0.1, -0.05) is 20.8 Å². The predicted molar refractivity (Wildman–Crippen MR) is 68.1 cm³/mol. The van der Waals surface area contributed by atoms with Gasteiger partial charge in [0.1, 0.15) is 35.6 Å². The maximum Gasteiger partial charge on any atom is 0.312 e. The van der Waals surface area contributed by atoms with Crippen molar-refractivity contribution in [1.82, 2.24) is 0 Å². The van der Waals surface area contributed by atoms with Crippen molar-refractivity contribution in [2.75, 3.05) is 6.61 Å². The van der Waals surface area contributed by atoms with E-state index in [1.54, 1.807) is 0 Å². The molecule has 116 valence electrons. The summed E-state index contributed by atoms with van der Waals surface area (Å²) < 4.78 is 16.8. The van der Waals surface area contributed by atoms with Gasteiger partial charge in [0.05, 0.1) is 17.9 Å². The third kappa shape index (κ3) is 0.994. The van der Waals surface area contributed by atoms with E-state index in [0.717, 1.165) is 0 Å². The lowest BCUT2D eigenvalue weighted by Crippen LogP contribution is -2.71. The van der Waals surface area contributed by atoms with Crippen molar-refractivity contribution in [1.29, 1.82) is 0 Å². The van der Waals surface area contributed by atoms with Crippen LogP contribution in [-0.4, -0.2) is 58.4 Å². The highest BCUT2D eigenvalue weighted by Crippen LogP contribution is 2.76. The van der Waals surface area contributed by atoms with Gasteiger partial charge >= 0.3 is 5.97 Å². The summed E-state index contributed by atoms with van der Waals surface area (Å²) in [7, 11) is 0. The van der Waals surface area contributed by atoms with E-state index in [1.807, 2.05) is 20.8 Å². The van der Waals surface area contributed by atoms with E-state index in [2.05, 4.69) is 0 Å². The summed E-state index contributed by atoms with van der Waals surface area (Å²) in [5, 5.41) is 22.5. The average Bonchev–Trinajstić information content (AvgIpc) is 3.27. The van der Waals surface area contributed by atoms with Crippen LogP contribution >= 0.6 is 0 Å². The molecule has 1 spiro atoms. The van der Waals surface area contributed by atoms with E-state index in [1.165, 1.54) is 0 Å². The second kappa shape index (κ2) is 3.15. The van der Waals surface area contributed by atoms with Crippen LogP contribution in [0.5, 0.6) is 0 Å². The number of fused-ring (bicyclic) bond motifs is 8. The van der Waals surface area contributed by atoms with Gasteiger partial charge in [0, 0.05) is 5.92 Å². The first-order chi connectivity index (χ1) is 9.80. The Kier molecular flexibility index (Phi) is 1.92. The molecule has 5 fully saturated rings. The summed E-state index contributed by atoms with van der Waals surface area (Å²) >= 11 is 0. The molecule has 5 rings (SSSR count). The molecule has 0 aromatic heterocycles.